The lowest BCUT2D eigenvalue weighted by Gasteiger charge is -2.24. The average molecular weight is 514 g/mol. The summed E-state index contributed by atoms with van der Waals surface area (Å²) in [5.74, 6) is 0.569. The maximum atomic E-state index is 13.4. The summed E-state index contributed by atoms with van der Waals surface area (Å²) in [5.41, 5.74) is 4.34. The van der Waals surface area contributed by atoms with E-state index >= 15 is 0 Å². The van der Waals surface area contributed by atoms with Gasteiger partial charge in [-0.15, -0.1) is 0 Å². The van der Waals surface area contributed by atoms with E-state index in [9.17, 15) is 13.2 Å². The average Bonchev–Trinajstić information content (AvgIpc) is 2.82. The fourth-order valence-corrected chi connectivity index (χ4v) is 4.64. The second-order valence-electron chi connectivity index (χ2n) is 8.37. The van der Waals surface area contributed by atoms with Crippen molar-refractivity contribution >= 4 is 39.4 Å². The predicted octanol–water partition coefficient (Wildman–Crippen LogP) is 5.03. The molecule has 0 saturated carbocycles. The molecule has 0 fully saturated rings. The summed E-state index contributed by atoms with van der Waals surface area (Å²) in [5, 5.41) is 4.32. The molecule has 0 spiro atoms. The fraction of sp³-hybridized carbons (Fsp3) is 0.231. The van der Waals surface area contributed by atoms with Crippen molar-refractivity contribution in [3.05, 3.63) is 88.9 Å². The Bertz CT molecular complexity index is 1270. The van der Waals surface area contributed by atoms with Crippen LogP contribution in [-0.2, 0) is 14.8 Å². The van der Waals surface area contributed by atoms with Crippen molar-refractivity contribution in [3.8, 4) is 5.75 Å². The number of hydrogen-bond donors (Lipinski definition) is 1. The number of amides is 1. The third-order valence-electron chi connectivity index (χ3n) is 4.86. The number of benzene rings is 3. The van der Waals surface area contributed by atoms with Gasteiger partial charge in [0.25, 0.3) is 15.9 Å². The van der Waals surface area contributed by atoms with E-state index in [1.807, 2.05) is 31.2 Å². The first-order valence-corrected chi connectivity index (χ1v) is 12.9. The van der Waals surface area contributed by atoms with E-state index in [1.165, 1.54) is 24.4 Å². The highest BCUT2D eigenvalue weighted by atomic mass is 35.5. The molecule has 0 aliphatic carbocycles. The van der Waals surface area contributed by atoms with Gasteiger partial charge in [0.1, 0.15) is 12.3 Å². The summed E-state index contributed by atoms with van der Waals surface area (Å²) in [4.78, 5) is 12.7. The first kappa shape index (κ1) is 26.2. The summed E-state index contributed by atoms with van der Waals surface area (Å²) < 4.78 is 33.4. The van der Waals surface area contributed by atoms with Crippen molar-refractivity contribution in [2.45, 2.75) is 25.7 Å². The number of hydrazone groups is 1. The highest BCUT2D eigenvalue weighted by molar-refractivity contribution is 7.92. The summed E-state index contributed by atoms with van der Waals surface area (Å²) in [6, 6.07) is 20.0. The van der Waals surface area contributed by atoms with Gasteiger partial charge in [0.05, 0.1) is 23.4 Å². The number of halogens is 1. The number of anilines is 1. The molecular weight excluding hydrogens is 486 g/mol. The Morgan fingerprint density at radius 2 is 1.77 bits per heavy atom. The van der Waals surface area contributed by atoms with E-state index in [0.717, 1.165) is 21.2 Å². The number of nitrogens with zero attached hydrogens (tertiary/aromatic N) is 2. The molecule has 0 bridgehead atoms. The standard InChI is InChI=1S/C26H28ClN3O4S/c1-19(2)18-34-24-11-9-21(10-12-24)16-28-29-26(31)17-30(23-6-4-5-22(27)15-23)35(32,33)25-13-7-20(3)8-14-25/h4-16,19H,17-18H2,1-3H3,(H,29,31)/b28-16-. The second-order valence-corrected chi connectivity index (χ2v) is 10.7. The molecule has 0 aromatic heterocycles. The molecule has 3 aromatic rings. The molecular formula is C26H28ClN3O4S. The lowest BCUT2D eigenvalue weighted by atomic mass is 10.2. The molecule has 1 amide bonds. The Morgan fingerprint density at radius 3 is 2.40 bits per heavy atom. The number of ether oxygens (including phenoxy) is 1. The van der Waals surface area contributed by atoms with Crippen LogP contribution in [0.4, 0.5) is 5.69 Å². The van der Waals surface area contributed by atoms with Crippen LogP contribution in [0.1, 0.15) is 25.0 Å². The monoisotopic (exact) mass is 513 g/mol. The van der Waals surface area contributed by atoms with Crippen LogP contribution in [0.25, 0.3) is 0 Å². The van der Waals surface area contributed by atoms with Gasteiger partial charge in [0.2, 0.25) is 0 Å². The normalized spacial score (nSPS) is 11.6. The maximum Gasteiger partial charge on any atom is 0.264 e. The van der Waals surface area contributed by atoms with Crippen molar-refractivity contribution in [1.29, 1.82) is 0 Å². The Hall–Kier alpha value is -3.36. The molecule has 7 nitrogen and oxygen atoms in total. The molecule has 0 atom stereocenters. The lowest BCUT2D eigenvalue weighted by Crippen LogP contribution is -2.39. The van der Waals surface area contributed by atoms with E-state index in [4.69, 9.17) is 16.3 Å². The number of hydrogen-bond acceptors (Lipinski definition) is 5. The molecule has 9 heteroatoms. The number of carbonyl (C=O) groups excluding carboxylic acids is 1. The summed E-state index contributed by atoms with van der Waals surface area (Å²) >= 11 is 6.09. The number of sulfonamides is 1. The molecule has 0 heterocycles. The van der Waals surface area contributed by atoms with E-state index in [0.29, 0.717) is 17.5 Å². The van der Waals surface area contributed by atoms with Crippen LogP contribution >= 0.6 is 11.6 Å². The Morgan fingerprint density at radius 1 is 1.09 bits per heavy atom. The van der Waals surface area contributed by atoms with Gasteiger partial charge in [-0.3, -0.25) is 9.10 Å². The quantitative estimate of drug-likeness (QED) is 0.304. The zero-order chi connectivity index (χ0) is 25.4. The molecule has 3 aromatic carbocycles. The maximum absolute atomic E-state index is 13.4. The third-order valence-corrected chi connectivity index (χ3v) is 6.88. The molecule has 0 aliphatic heterocycles. The van der Waals surface area contributed by atoms with Crippen LogP contribution in [0.5, 0.6) is 5.75 Å². The zero-order valence-corrected chi connectivity index (χ0v) is 21.4. The Labute approximate surface area is 211 Å². The van der Waals surface area contributed by atoms with Crippen LogP contribution in [0.3, 0.4) is 0 Å². The second kappa shape index (κ2) is 11.9. The van der Waals surface area contributed by atoms with E-state index in [2.05, 4.69) is 24.4 Å². The predicted molar refractivity (Wildman–Crippen MR) is 140 cm³/mol. The smallest absolute Gasteiger partial charge is 0.264 e. The van der Waals surface area contributed by atoms with Gasteiger partial charge in [0, 0.05) is 5.02 Å². The van der Waals surface area contributed by atoms with Crippen molar-refractivity contribution in [1.82, 2.24) is 5.43 Å². The summed E-state index contributed by atoms with van der Waals surface area (Å²) in [6.07, 6.45) is 1.47. The summed E-state index contributed by atoms with van der Waals surface area (Å²) in [6.45, 7) is 6.16. The van der Waals surface area contributed by atoms with E-state index in [1.54, 1.807) is 30.3 Å². The molecule has 0 unspecified atom stereocenters. The van der Waals surface area contributed by atoms with Crippen LogP contribution in [-0.4, -0.2) is 33.7 Å². The Kier molecular flexibility index (Phi) is 8.89. The minimum atomic E-state index is -4.03. The molecule has 0 aliphatic rings. The number of nitrogens with one attached hydrogen (secondary N) is 1. The first-order valence-electron chi connectivity index (χ1n) is 11.0. The molecule has 0 radical (unpaired) electrons. The minimum Gasteiger partial charge on any atom is -0.493 e. The van der Waals surface area contributed by atoms with Crippen molar-refractivity contribution in [3.63, 3.8) is 0 Å². The zero-order valence-electron chi connectivity index (χ0n) is 19.8. The highest BCUT2D eigenvalue weighted by Gasteiger charge is 2.27. The fourth-order valence-electron chi connectivity index (χ4n) is 3.04. The van der Waals surface area contributed by atoms with E-state index < -0.39 is 22.5 Å². The van der Waals surface area contributed by atoms with Gasteiger partial charge in [-0.05, 0) is 73.0 Å². The van der Waals surface area contributed by atoms with Crippen LogP contribution in [0.2, 0.25) is 5.02 Å². The molecule has 0 saturated heterocycles. The van der Waals surface area contributed by atoms with Gasteiger partial charge >= 0.3 is 0 Å². The van der Waals surface area contributed by atoms with Gasteiger partial charge in [0.15, 0.2) is 0 Å². The minimum absolute atomic E-state index is 0.0687. The van der Waals surface area contributed by atoms with Gasteiger partial charge in [-0.1, -0.05) is 49.2 Å². The van der Waals surface area contributed by atoms with Crippen LogP contribution in [0.15, 0.2) is 82.8 Å². The van der Waals surface area contributed by atoms with Gasteiger partial charge < -0.3 is 4.74 Å². The van der Waals surface area contributed by atoms with Gasteiger partial charge in [-0.25, -0.2) is 13.8 Å². The molecule has 1 N–H and O–H groups in total. The SMILES string of the molecule is Cc1ccc(S(=O)(=O)N(CC(=O)N/N=C\c2ccc(OCC(C)C)cc2)c2cccc(Cl)c2)cc1. The summed E-state index contributed by atoms with van der Waals surface area (Å²) in [7, 11) is -4.03. The number of aryl methyl sites for hydroxylation is 1. The van der Waals surface area contributed by atoms with E-state index in [-0.39, 0.29) is 10.6 Å². The van der Waals surface area contributed by atoms with Crippen molar-refractivity contribution in [2.24, 2.45) is 11.0 Å². The topological polar surface area (TPSA) is 88.1 Å². The first-order chi connectivity index (χ1) is 16.6. The number of carbonyl (C=O) groups is 1. The van der Waals surface area contributed by atoms with Gasteiger partial charge in [-0.2, -0.15) is 5.10 Å². The lowest BCUT2D eigenvalue weighted by molar-refractivity contribution is -0.119. The highest BCUT2D eigenvalue weighted by Crippen LogP contribution is 2.26. The van der Waals surface area contributed by atoms with Crippen LogP contribution < -0.4 is 14.5 Å². The number of rotatable bonds is 10. The van der Waals surface area contributed by atoms with Crippen molar-refractivity contribution in [2.75, 3.05) is 17.5 Å². The van der Waals surface area contributed by atoms with Crippen LogP contribution in [0, 0.1) is 12.8 Å². The Balaban J connectivity index is 1.73. The molecule has 184 valence electrons. The third kappa shape index (κ3) is 7.56. The largest absolute Gasteiger partial charge is 0.493 e. The molecule has 35 heavy (non-hydrogen) atoms. The molecule has 3 rings (SSSR count). The van der Waals surface area contributed by atoms with Crippen molar-refractivity contribution < 1.29 is 17.9 Å².